The van der Waals surface area contributed by atoms with Gasteiger partial charge in [0.1, 0.15) is 0 Å². The summed E-state index contributed by atoms with van der Waals surface area (Å²) in [6.45, 7) is 5.50. The Morgan fingerprint density at radius 1 is 1.33 bits per heavy atom. The van der Waals surface area contributed by atoms with Gasteiger partial charge < -0.3 is 4.48 Å². The van der Waals surface area contributed by atoms with Crippen LogP contribution in [0.3, 0.4) is 0 Å². The van der Waals surface area contributed by atoms with E-state index in [1.807, 2.05) is 0 Å². The van der Waals surface area contributed by atoms with Crippen molar-refractivity contribution in [3.63, 3.8) is 0 Å². The first-order valence-corrected chi connectivity index (χ1v) is 3.59. The summed E-state index contributed by atoms with van der Waals surface area (Å²) in [5, 5.41) is 0. The molecule has 0 aliphatic carbocycles. The summed E-state index contributed by atoms with van der Waals surface area (Å²) in [4.78, 5) is 0. The summed E-state index contributed by atoms with van der Waals surface area (Å²) >= 11 is 0. The van der Waals surface area contributed by atoms with Crippen LogP contribution < -0.4 is 0 Å². The van der Waals surface area contributed by atoms with Crippen LogP contribution in [-0.2, 0) is 0 Å². The number of hydrogen-bond acceptors (Lipinski definition) is 0. The standard InChI is InChI=1S/C8H18N/c1-5-7-9(3,4)8-6-2/h5,7H,6,8H2,1-4H3/q+1/b7-5+. The number of quaternary nitrogens is 1. The molecular weight excluding hydrogens is 110 g/mol. The Morgan fingerprint density at radius 3 is 2.22 bits per heavy atom. The molecule has 0 saturated heterocycles. The molecule has 1 heteroatoms. The van der Waals surface area contributed by atoms with Crippen LogP contribution >= 0.6 is 0 Å². The van der Waals surface area contributed by atoms with E-state index < -0.39 is 0 Å². The maximum Gasteiger partial charge on any atom is 0.0911 e. The SMILES string of the molecule is C/C=C/[N+](C)(C)CCC. The van der Waals surface area contributed by atoms with E-state index in [-0.39, 0.29) is 0 Å². The summed E-state index contributed by atoms with van der Waals surface area (Å²) in [5.74, 6) is 0. The van der Waals surface area contributed by atoms with E-state index >= 15 is 0 Å². The van der Waals surface area contributed by atoms with E-state index in [4.69, 9.17) is 0 Å². The van der Waals surface area contributed by atoms with Gasteiger partial charge in [0.15, 0.2) is 0 Å². The van der Waals surface area contributed by atoms with Gasteiger partial charge in [-0.25, -0.2) is 0 Å². The van der Waals surface area contributed by atoms with Crippen molar-refractivity contribution in [2.24, 2.45) is 0 Å². The fourth-order valence-electron chi connectivity index (χ4n) is 1.05. The van der Waals surface area contributed by atoms with E-state index in [0.717, 1.165) is 4.48 Å². The van der Waals surface area contributed by atoms with Crippen molar-refractivity contribution in [1.82, 2.24) is 0 Å². The highest BCUT2D eigenvalue weighted by Gasteiger charge is 2.06. The minimum absolute atomic E-state index is 1.01. The molecule has 0 aromatic rings. The second-order valence-corrected chi connectivity index (χ2v) is 2.98. The summed E-state index contributed by atoms with van der Waals surface area (Å²) in [5.41, 5.74) is 0. The van der Waals surface area contributed by atoms with E-state index in [9.17, 15) is 0 Å². The molecule has 0 radical (unpaired) electrons. The van der Waals surface area contributed by atoms with Crippen molar-refractivity contribution in [3.05, 3.63) is 12.3 Å². The van der Waals surface area contributed by atoms with Gasteiger partial charge >= 0.3 is 0 Å². The molecule has 0 N–H and O–H groups in total. The molecule has 0 aromatic heterocycles. The molecule has 0 rings (SSSR count). The third-order valence-electron chi connectivity index (χ3n) is 1.35. The van der Waals surface area contributed by atoms with Crippen LogP contribution in [0, 0.1) is 0 Å². The van der Waals surface area contributed by atoms with Crippen molar-refractivity contribution in [2.45, 2.75) is 20.3 Å². The van der Waals surface area contributed by atoms with Crippen molar-refractivity contribution in [1.29, 1.82) is 0 Å². The van der Waals surface area contributed by atoms with Gasteiger partial charge in [0.05, 0.1) is 26.8 Å². The molecule has 0 aromatic carbocycles. The Balaban J connectivity index is 3.70. The lowest BCUT2D eigenvalue weighted by Gasteiger charge is -2.23. The van der Waals surface area contributed by atoms with Crippen molar-refractivity contribution in [2.75, 3.05) is 20.6 Å². The van der Waals surface area contributed by atoms with Gasteiger partial charge in [-0.05, 0) is 19.4 Å². The normalized spacial score (nSPS) is 12.9. The molecule has 0 aliphatic rings. The second kappa shape index (κ2) is 3.67. The number of rotatable bonds is 3. The van der Waals surface area contributed by atoms with Gasteiger partial charge in [-0.2, -0.15) is 0 Å². The molecule has 0 aliphatic heterocycles. The highest BCUT2D eigenvalue weighted by atomic mass is 15.3. The van der Waals surface area contributed by atoms with E-state index in [1.54, 1.807) is 0 Å². The topological polar surface area (TPSA) is 0 Å². The summed E-state index contributed by atoms with van der Waals surface area (Å²) in [6.07, 6.45) is 5.57. The number of allylic oxidation sites excluding steroid dienone is 1. The summed E-state index contributed by atoms with van der Waals surface area (Å²) in [7, 11) is 4.42. The van der Waals surface area contributed by atoms with Gasteiger partial charge in [0.2, 0.25) is 0 Å². The Labute approximate surface area is 58.6 Å². The second-order valence-electron chi connectivity index (χ2n) is 2.98. The molecule has 0 amide bonds. The first kappa shape index (κ1) is 8.70. The van der Waals surface area contributed by atoms with Crippen LogP contribution in [0.2, 0.25) is 0 Å². The van der Waals surface area contributed by atoms with E-state index in [1.165, 1.54) is 13.0 Å². The smallest absolute Gasteiger partial charge is 0.0911 e. The lowest BCUT2D eigenvalue weighted by atomic mass is 10.4. The molecule has 0 fully saturated rings. The quantitative estimate of drug-likeness (QED) is 0.510. The lowest BCUT2D eigenvalue weighted by molar-refractivity contribution is -0.838. The largest absolute Gasteiger partial charge is 0.302 e. The first-order chi connectivity index (χ1) is 4.12. The Morgan fingerprint density at radius 2 is 1.89 bits per heavy atom. The Hall–Kier alpha value is -0.300. The fraction of sp³-hybridized carbons (Fsp3) is 0.750. The van der Waals surface area contributed by atoms with Gasteiger partial charge in [0.25, 0.3) is 0 Å². The number of hydrogen-bond donors (Lipinski definition) is 0. The van der Waals surface area contributed by atoms with Crippen LogP contribution in [0.5, 0.6) is 0 Å². The van der Waals surface area contributed by atoms with Gasteiger partial charge in [-0.1, -0.05) is 6.92 Å². The zero-order chi connectivity index (χ0) is 7.33. The Kier molecular flexibility index (Phi) is 3.55. The summed E-state index contributed by atoms with van der Waals surface area (Å²) < 4.78 is 1.01. The average molecular weight is 128 g/mol. The predicted octanol–water partition coefficient (Wildman–Crippen LogP) is 2.01. The molecule has 9 heavy (non-hydrogen) atoms. The van der Waals surface area contributed by atoms with Crippen LogP contribution in [0.1, 0.15) is 20.3 Å². The van der Waals surface area contributed by atoms with Crippen LogP contribution in [0.25, 0.3) is 0 Å². The van der Waals surface area contributed by atoms with Crippen LogP contribution in [0.4, 0.5) is 0 Å². The fourth-order valence-corrected chi connectivity index (χ4v) is 1.05. The van der Waals surface area contributed by atoms with Crippen molar-refractivity contribution >= 4 is 0 Å². The highest BCUT2D eigenvalue weighted by molar-refractivity contribution is 4.65. The molecule has 0 bridgehead atoms. The molecule has 54 valence electrons. The third-order valence-corrected chi connectivity index (χ3v) is 1.35. The molecular formula is C8H18N+. The molecule has 0 heterocycles. The van der Waals surface area contributed by atoms with E-state index in [0.29, 0.717) is 0 Å². The zero-order valence-electron chi connectivity index (χ0n) is 7.02. The zero-order valence-corrected chi connectivity index (χ0v) is 7.02. The molecule has 0 saturated carbocycles. The van der Waals surface area contributed by atoms with Crippen molar-refractivity contribution < 1.29 is 4.48 Å². The molecule has 1 nitrogen and oxygen atoms in total. The van der Waals surface area contributed by atoms with Gasteiger partial charge in [-0.15, -0.1) is 0 Å². The summed E-state index contributed by atoms with van der Waals surface area (Å²) in [6, 6.07) is 0. The maximum atomic E-state index is 2.21. The Bertz CT molecular complexity index is 92.7. The minimum Gasteiger partial charge on any atom is -0.302 e. The number of nitrogens with zero attached hydrogens (tertiary/aromatic N) is 1. The predicted molar refractivity (Wildman–Crippen MR) is 42.1 cm³/mol. The highest BCUT2D eigenvalue weighted by Crippen LogP contribution is 1.99. The monoisotopic (exact) mass is 128 g/mol. The van der Waals surface area contributed by atoms with Gasteiger partial charge in [-0.3, -0.25) is 0 Å². The molecule has 0 atom stereocenters. The van der Waals surface area contributed by atoms with E-state index in [2.05, 4.69) is 40.2 Å². The van der Waals surface area contributed by atoms with Gasteiger partial charge in [0, 0.05) is 0 Å². The van der Waals surface area contributed by atoms with Crippen LogP contribution in [0.15, 0.2) is 12.3 Å². The average Bonchev–Trinajstić information content (AvgIpc) is 1.64. The minimum atomic E-state index is 1.01. The maximum absolute atomic E-state index is 2.21. The molecule has 0 spiro atoms. The third kappa shape index (κ3) is 4.22. The van der Waals surface area contributed by atoms with Crippen LogP contribution in [-0.4, -0.2) is 25.1 Å². The van der Waals surface area contributed by atoms with Crippen molar-refractivity contribution in [3.8, 4) is 0 Å². The molecule has 0 unspecified atom stereocenters. The first-order valence-electron chi connectivity index (χ1n) is 3.59. The lowest BCUT2D eigenvalue weighted by Crippen LogP contribution is -2.33.